The third-order valence-electron chi connectivity index (χ3n) is 4.05. The van der Waals surface area contributed by atoms with E-state index in [-0.39, 0.29) is 48.7 Å². The maximum Gasteiger partial charge on any atom is 0.275 e. The molecule has 2 aliphatic heterocycles. The summed E-state index contributed by atoms with van der Waals surface area (Å²) in [5, 5.41) is 5.37. The van der Waals surface area contributed by atoms with Gasteiger partial charge in [-0.1, -0.05) is 4.49 Å². The normalized spacial score (nSPS) is 23.8. The van der Waals surface area contributed by atoms with E-state index in [0.717, 1.165) is 11.5 Å². The van der Waals surface area contributed by atoms with E-state index in [1.807, 2.05) is 0 Å². The average molecular weight is 339 g/mol. The van der Waals surface area contributed by atoms with Gasteiger partial charge in [-0.2, -0.15) is 0 Å². The minimum absolute atomic E-state index is 0.00333. The van der Waals surface area contributed by atoms with Gasteiger partial charge in [-0.25, -0.2) is 0 Å². The lowest BCUT2D eigenvalue weighted by Gasteiger charge is -2.36. The number of rotatable bonds is 3. The first kappa shape index (κ1) is 15.8. The van der Waals surface area contributed by atoms with Crippen molar-refractivity contribution < 1.29 is 19.1 Å². The summed E-state index contributed by atoms with van der Waals surface area (Å²) >= 11 is 1.11. The molecule has 0 spiro atoms. The monoisotopic (exact) mass is 339 g/mol. The van der Waals surface area contributed by atoms with Crippen LogP contribution in [-0.4, -0.2) is 94.5 Å². The molecule has 2 fully saturated rings. The summed E-state index contributed by atoms with van der Waals surface area (Å²) in [5.74, 6) is -0.623. The van der Waals surface area contributed by atoms with Gasteiger partial charge in [0.15, 0.2) is 5.69 Å². The Balaban J connectivity index is 1.73. The Hall–Kier alpha value is -2.07. The van der Waals surface area contributed by atoms with Crippen LogP contribution < -0.4 is 0 Å². The van der Waals surface area contributed by atoms with Crippen molar-refractivity contribution in [2.45, 2.75) is 12.1 Å². The van der Waals surface area contributed by atoms with E-state index in [0.29, 0.717) is 13.1 Å². The number of hydrogen-bond acceptors (Lipinski definition) is 7. The number of hydrogen-bond donors (Lipinski definition) is 0. The van der Waals surface area contributed by atoms with E-state index < -0.39 is 0 Å². The molecule has 0 unspecified atom stereocenters. The van der Waals surface area contributed by atoms with Crippen LogP contribution in [0.2, 0.25) is 0 Å². The van der Waals surface area contributed by atoms with Gasteiger partial charge in [-0.15, -0.1) is 5.10 Å². The van der Waals surface area contributed by atoms with Gasteiger partial charge in [0.05, 0.1) is 12.1 Å². The molecule has 10 heteroatoms. The first-order valence-electron chi connectivity index (χ1n) is 7.15. The van der Waals surface area contributed by atoms with E-state index >= 15 is 0 Å². The summed E-state index contributed by atoms with van der Waals surface area (Å²) in [6, 6.07) is -0.310. The topological polar surface area (TPSA) is 95.9 Å². The highest BCUT2D eigenvalue weighted by molar-refractivity contribution is 7.03. The molecule has 0 bridgehead atoms. The third kappa shape index (κ3) is 3.04. The number of morpholine rings is 1. The van der Waals surface area contributed by atoms with Gasteiger partial charge in [-0.05, 0) is 11.5 Å². The molecule has 0 N–H and O–H groups in total. The fraction of sp³-hybridized carbons (Fsp3) is 0.615. The molecule has 23 heavy (non-hydrogen) atoms. The minimum Gasteiger partial charge on any atom is -0.364 e. The lowest BCUT2D eigenvalue weighted by molar-refractivity contribution is -0.156. The Kier molecular flexibility index (Phi) is 4.26. The second-order valence-corrected chi connectivity index (χ2v) is 6.34. The van der Waals surface area contributed by atoms with Gasteiger partial charge in [0.2, 0.25) is 11.8 Å². The van der Waals surface area contributed by atoms with Crippen LogP contribution in [0.4, 0.5) is 0 Å². The standard InChI is InChI=1S/C13H17N5O4S/c1-16(2)11(19)5-18-9-3-17(4-10(9)22-6-12(18)20)13(21)8-7-23-15-14-8/h7,9-10H,3-6H2,1-2H3/t9-,10-/m1/s1. The third-order valence-corrected chi connectivity index (χ3v) is 4.55. The van der Waals surface area contributed by atoms with E-state index in [4.69, 9.17) is 4.74 Å². The molecule has 0 aromatic carbocycles. The van der Waals surface area contributed by atoms with Crippen LogP contribution in [0, 0.1) is 0 Å². The second-order valence-electron chi connectivity index (χ2n) is 5.73. The molecule has 3 heterocycles. The molecular weight excluding hydrogens is 322 g/mol. The Morgan fingerprint density at radius 1 is 1.43 bits per heavy atom. The van der Waals surface area contributed by atoms with Gasteiger partial charge in [-0.3, -0.25) is 14.4 Å². The van der Waals surface area contributed by atoms with E-state index in [1.54, 1.807) is 24.4 Å². The summed E-state index contributed by atoms with van der Waals surface area (Å²) in [4.78, 5) is 41.0. The maximum atomic E-state index is 12.4. The SMILES string of the molecule is CN(C)C(=O)CN1C(=O)CO[C@@H]2CN(C(=O)c3csnn3)C[C@H]21. The van der Waals surface area contributed by atoms with Crippen LogP contribution in [-0.2, 0) is 14.3 Å². The molecule has 2 saturated heterocycles. The first-order chi connectivity index (χ1) is 11.0. The van der Waals surface area contributed by atoms with Gasteiger partial charge < -0.3 is 19.4 Å². The number of carbonyl (C=O) groups is 3. The van der Waals surface area contributed by atoms with Crippen molar-refractivity contribution in [3.05, 3.63) is 11.1 Å². The van der Waals surface area contributed by atoms with Crippen molar-refractivity contribution in [2.24, 2.45) is 0 Å². The summed E-state index contributed by atoms with van der Waals surface area (Å²) in [6.45, 7) is 0.632. The largest absolute Gasteiger partial charge is 0.364 e. The van der Waals surface area contributed by atoms with Crippen LogP contribution in [0.3, 0.4) is 0 Å². The lowest BCUT2D eigenvalue weighted by atomic mass is 10.1. The zero-order valence-electron chi connectivity index (χ0n) is 12.8. The van der Waals surface area contributed by atoms with Crippen LogP contribution >= 0.6 is 11.5 Å². The van der Waals surface area contributed by atoms with Crippen molar-refractivity contribution in [2.75, 3.05) is 40.3 Å². The molecule has 1 aromatic heterocycles. The Morgan fingerprint density at radius 3 is 2.87 bits per heavy atom. The van der Waals surface area contributed by atoms with Gasteiger partial charge in [0, 0.05) is 32.6 Å². The smallest absolute Gasteiger partial charge is 0.275 e. The fourth-order valence-corrected chi connectivity index (χ4v) is 3.17. The molecule has 3 amide bonds. The highest BCUT2D eigenvalue weighted by atomic mass is 32.1. The van der Waals surface area contributed by atoms with Gasteiger partial charge in [0.25, 0.3) is 5.91 Å². The summed E-state index contributed by atoms with van der Waals surface area (Å²) in [6.07, 6.45) is -0.279. The zero-order chi connectivity index (χ0) is 16.6. The lowest BCUT2D eigenvalue weighted by Crippen LogP contribution is -2.56. The van der Waals surface area contributed by atoms with Gasteiger partial charge >= 0.3 is 0 Å². The quantitative estimate of drug-likeness (QED) is 0.678. The van der Waals surface area contributed by atoms with Crippen molar-refractivity contribution >= 4 is 29.3 Å². The molecular formula is C13H17N5O4S. The molecule has 9 nitrogen and oxygen atoms in total. The zero-order valence-corrected chi connectivity index (χ0v) is 13.7. The number of amides is 3. The number of aromatic nitrogens is 2. The summed E-state index contributed by atoms with van der Waals surface area (Å²) in [7, 11) is 3.29. The number of likely N-dealkylation sites (tertiary alicyclic amines) is 1. The summed E-state index contributed by atoms with van der Waals surface area (Å²) in [5.41, 5.74) is 0.288. The Morgan fingerprint density at radius 2 is 2.22 bits per heavy atom. The number of nitrogens with zero attached hydrogens (tertiary/aromatic N) is 5. The highest BCUT2D eigenvalue weighted by Gasteiger charge is 2.45. The molecule has 2 aliphatic rings. The van der Waals surface area contributed by atoms with E-state index in [9.17, 15) is 14.4 Å². The molecule has 2 atom stereocenters. The van der Waals surface area contributed by atoms with Crippen molar-refractivity contribution in [1.29, 1.82) is 0 Å². The van der Waals surface area contributed by atoms with E-state index in [2.05, 4.69) is 9.59 Å². The Bertz CT molecular complexity index is 620. The highest BCUT2D eigenvalue weighted by Crippen LogP contribution is 2.24. The van der Waals surface area contributed by atoms with Crippen molar-refractivity contribution in [3.63, 3.8) is 0 Å². The van der Waals surface area contributed by atoms with Crippen molar-refractivity contribution in [3.8, 4) is 0 Å². The van der Waals surface area contributed by atoms with Crippen LogP contribution in [0.15, 0.2) is 5.38 Å². The van der Waals surface area contributed by atoms with Crippen LogP contribution in [0.5, 0.6) is 0 Å². The predicted molar refractivity (Wildman–Crippen MR) is 79.7 cm³/mol. The minimum atomic E-state index is -0.310. The molecule has 124 valence electrons. The maximum absolute atomic E-state index is 12.4. The second kappa shape index (κ2) is 6.20. The van der Waals surface area contributed by atoms with E-state index in [1.165, 1.54) is 9.80 Å². The number of carbonyl (C=O) groups excluding carboxylic acids is 3. The number of likely N-dealkylation sites (N-methyl/N-ethyl adjacent to an activating group) is 1. The molecule has 0 saturated carbocycles. The molecule has 1 aromatic rings. The number of fused-ring (bicyclic) bond motifs is 1. The predicted octanol–water partition coefficient (Wildman–Crippen LogP) is -1.32. The summed E-state index contributed by atoms with van der Waals surface area (Å²) < 4.78 is 9.23. The fourth-order valence-electron chi connectivity index (χ4n) is 2.74. The molecule has 0 radical (unpaired) electrons. The number of ether oxygens (including phenoxy) is 1. The molecule has 3 rings (SSSR count). The van der Waals surface area contributed by atoms with Gasteiger partial charge in [0.1, 0.15) is 13.2 Å². The van der Waals surface area contributed by atoms with Crippen molar-refractivity contribution in [1.82, 2.24) is 24.3 Å². The van der Waals surface area contributed by atoms with Crippen LogP contribution in [0.1, 0.15) is 10.5 Å². The van der Waals surface area contributed by atoms with Crippen LogP contribution in [0.25, 0.3) is 0 Å². The Labute approximate surface area is 137 Å². The first-order valence-corrected chi connectivity index (χ1v) is 7.98. The molecule has 0 aliphatic carbocycles. The average Bonchev–Trinajstić information content (AvgIpc) is 3.18.